The van der Waals surface area contributed by atoms with Gasteiger partial charge in [0.05, 0.1) is 16.8 Å². The van der Waals surface area contributed by atoms with Crippen molar-refractivity contribution < 1.29 is 4.79 Å². The van der Waals surface area contributed by atoms with E-state index in [0.29, 0.717) is 0 Å². The molecule has 0 aromatic carbocycles. The average Bonchev–Trinajstić information content (AvgIpc) is 3.02. The van der Waals surface area contributed by atoms with Crippen LogP contribution in [0.5, 0.6) is 0 Å². The molecule has 0 radical (unpaired) electrons. The van der Waals surface area contributed by atoms with Gasteiger partial charge in [-0.05, 0) is 38.3 Å². The zero-order valence-electron chi connectivity index (χ0n) is 16.7. The minimum atomic E-state index is -0.0629. The maximum absolute atomic E-state index is 13.2. The van der Waals surface area contributed by atoms with Gasteiger partial charge in [-0.2, -0.15) is 5.10 Å². The smallest absolute Gasteiger partial charge is 0.245 e. The van der Waals surface area contributed by atoms with E-state index >= 15 is 0 Å². The molecule has 2 aliphatic heterocycles. The topological polar surface area (TPSA) is 57.5 Å². The molecule has 4 rings (SSSR count). The van der Waals surface area contributed by atoms with Gasteiger partial charge in [0.1, 0.15) is 11.6 Å². The molecule has 2 saturated heterocycles. The van der Waals surface area contributed by atoms with Crippen LogP contribution >= 0.6 is 11.6 Å². The van der Waals surface area contributed by atoms with Crippen LogP contribution in [0.2, 0.25) is 5.02 Å². The molecule has 2 aromatic rings. The third-order valence-electron chi connectivity index (χ3n) is 5.78. The summed E-state index contributed by atoms with van der Waals surface area (Å²) in [5.74, 6) is 1.93. The molecule has 0 saturated carbocycles. The summed E-state index contributed by atoms with van der Waals surface area (Å²) in [5, 5.41) is 5.12. The number of halogens is 1. The Bertz CT molecular complexity index is 874. The van der Waals surface area contributed by atoms with Gasteiger partial charge >= 0.3 is 0 Å². The number of pyridine rings is 1. The predicted molar refractivity (Wildman–Crippen MR) is 111 cm³/mol. The number of piperidine rings is 1. The maximum Gasteiger partial charge on any atom is 0.245 e. The lowest BCUT2D eigenvalue weighted by molar-refractivity contribution is -0.125. The van der Waals surface area contributed by atoms with E-state index in [-0.39, 0.29) is 11.9 Å². The van der Waals surface area contributed by atoms with Crippen molar-refractivity contribution in [1.82, 2.24) is 19.7 Å². The number of carbonyl (C=O) groups is 1. The molecule has 1 unspecified atom stereocenters. The average molecular weight is 403 g/mol. The van der Waals surface area contributed by atoms with Crippen LogP contribution in [0.25, 0.3) is 0 Å². The van der Waals surface area contributed by atoms with Crippen molar-refractivity contribution in [3.8, 4) is 0 Å². The van der Waals surface area contributed by atoms with Crippen LogP contribution < -0.4 is 9.80 Å². The molecule has 1 amide bonds. The Morgan fingerprint density at radius 2 is 1.89 bits per heavy atom. The quantitative estimate of drug-likeness (QED) is 0.789. The van der Waals surface area contributed by atoms with E-state index < -0.39 is 0 Å². The van der Waals surface area contributed by atoms with Crippen molar-refractivity contribution in [3.63, 3.8) is 0 Å². The van der Waals surface area contributed by atoms with Crippen LogP contribution in [-0.4, -0.2) is 64.3 Å². The number of rotatable bonds is 3. The van der Waals surface area contributed by atoms with Crippen LogP contribution in [-0.2, 0) is 11.8 Å². The number of amides is 1. The monoisotopic (exact) mass is 402 g/mol. The zero-order chi connectivity index (χ0) is 19.8. The molecular weight excluding hydrogens is 376 g/mol. The van der Waals surface area contributed by atoms with E-state index in [9.17, 15) is 4.79 Å². The molecule has 28 heavy (non-hydrogen) atoms. The van der Waals surface area contributed by atoms with Crippen LogP contribution in [0.3, 0.4) is 0 Å². The minimum absolute atomic E-state index is 0.0629. The number of anilines is 2. The van der Waals surface area contributed by atoms with Crippen LogP contribution in [0.1, 0.15) is 24.1 Å². The van der Waals surface area contributed by atoms with Gasteiger partial charge in [0, 0.05) is 52.0 Å². The zero-order valence-corrected chi connectivity index (χ0v) is 17.5. The Labute approximate surface area is 170 Å². The van der Waals surface area contributed by atoms with Crippen molar-refractivity contribution in [2.45, 2.75) is 32.7 Å². The van der Waals surface area contributed by atoms with Crippen LogP contribution in [0, 0.1) is 13.8 Å². The Morgan fingerprint density at radius 1 is 1.14 bits per heavy atom. The molecule has 8 heteroatoms. The Morgan fingerprint density at radius 3 is 2.57 bits per heavy atom. The first-order valence-corrected chi connectivity index (χ1v) is 10.3. The standard InChI is InChI=1S/C20H27ClN6O/c1-14-6-7-22-19(18(14)21)26-11-9-25(10-12-26)16-5-4-8-27(20(16)28)17-13-15(2)23-24(17)3/h6-7,13,16H,4-5,8-12H2,1-3H3. The normalized spacial score (nSPS) is 21.4. The highest BCUT2D eigenvalue weighted by Crippen LogP contribution is 2.29. The summed E-state index contributed by atoms with van der Waals surface area (Å²) < 4.78 is 1.80. The van der Waals surface area contributed by atoms with Gasteiger partial charge < -0.3 is 4.90 Å². The van der Waals surface area contributed by atoms with Crippen molar-refractivity contribution >= 4 is 29.1 Å². The number of aromatic nitrogens is 3. The molecule has 1 atom stereocenters. The summed E-state index contributed by atoms with van der Waals surface area (Å²) in [5.41, 5.74) is 1.97. The van der Waals surface area contributed by atoms with E-state index in [0.717, 1.165) is 73.5 Å². The van der Waals surface area contributed by atoms with Crippen molar-refractivity contribution in [2.75, 3.05) is 42.5 Å². The summed E-state index contributed by atoms with van der Waals surface area (Å²) in [6.07, 6.45) is 3.73. The molecule has 2 aromatic heterocycles. The van der Waals surface area contributed by atoms with E-state index in [1.165, 1.54) is 0 Å². The predicted octanol–water partition coefficient (Wildman–Crippen LogP) is 2.40. The molecule has 2 aliphatic rings. The summed E-state index contributed by atoms with van der Waals surface area (Å²) in [7, 11) is 1.90. The lowest BCUT2D eigenvalue weighted by atomic mass is 10.0. The van der Waals surface area contributed by atoms with Gasteiger partial charge in [-0.25, -0.2) is 4.98 Å². The van der Waals surface area contributed by atoms with Gasteiger partial charge in [0.2, 0.25) is 5.91 Å². The van der Waals surface area contributed by atoms with Gasteiger partial charge in [0.25, 0.3) is 0 Å². The highest BCUT2D eigenvalue weighted by atomic mass is 35.5. The first-order chi connectivity index (χ1) is 13.5. The Balaban J connectivity index is 1.45. The largest absolute Gasteiger partial charge is 0.353 e. The van der Waals surface area contributed by atoms with E-state index in [4.69, 9.17) is 11.6 Å². The second-order valence-electron chi connectivity index (χ2n) is 7.70. The highest BCUT2D eigenvalue weighted by Gasteiger charge is 2.36. The van der Waals surface area contributed by atoms with Crippen molar-refractivity contribution in [1.29, 1.82) is 0 Å². The summed E-state index contributed by atoms with van der Waals surface area (Å²) >= 11 is 6.45. The Kier molecular flexibility index (Phi) is 5.29. The third-order valence-corrected chi connectivity index (χ3v) is 6.25. The maximum atomic E-state index is 13.2. The summed E-state index contributed by atoms with van der Waals surface area (Å²) in [6.45, 7) is 8.03. The van der Waals surface area contributed by atoms with Gasteiger partial charge in [-0.15, -0.1) is 0 Å². The molecule has 0 spiro atoms. The van der Waals surface area contributed by atoms with Crippen LogP contribution in [0.15, 0.2) is 18.3 Å². The second kappa shape index (κ2) is 7.72. The molecule has 0 bridgehead atoms. The number of hydrogen-bond donors (Lipinski definition) is 0. The lowest BCUT2D eigenvalue weighted by Gasteiger charge is -2.42. The second-order valence-corrected chi connectivity index (χ2v) is 8.08. The van der Waals surface area contributed by atoms with E-state index in [1.807, 2.05) is 37.9 Å². The first kappa shape index (κ1) is 19.2. The lowest BCUT2D eigenvalue weighted by Crippen LogP contribution is -2.58. The van der Waals surface area contributed by atoms with Crippen LogP contribution in [0.4, 0.5) is 11.6 Å². The highest BCUT2D eigenvalue weighted by molar-refractivity contribution is 6.33. The summed E-state index contributed by atoms with van der Waals surface area (Å²) in [4.78, 5) is 24.1. The Hall–Kier alpha value is -2.12. The number of hydrogen-bond acceptors (Lipinski definition) is 5. The van der Waals surface area contributed by atoms with Gasteiger partial charge in [-0.1, -0.05) is 11.6 Å². The number of piperazine rings is 1. The number of carbonyl (C=O) groups excluding carboxylic acids is 1. The summed E-state index contributed by atoms with van der Waals surface area (Å²) in [6, 6.07) is 3.85. The molecule has 2 fully saturated rings. The SMILES string of the molecule is Cc1cc(N2CCCC(N3CCN(c4nccc(C)c4Cl)CC3)C2=O)n(C)n1. The van der Waals surface area contributed by atoms with Gasteiger partial charge in [0.15, 0.2) is 0 Å². The van der Waals surface area contributed by atoms with E-state index in [2.05, 4.69) is 19.9 Å². The fraction of sp³-hybridized carbons (Fsp3) is 0.550. The molecule has 4 heterocycles. The van der Waals surface area contributed by atoms with Crippen molar-refractivity contribution in [3.05, 3.63) is 34.6 Å². The third kappa shape index (κ3) is 3.49. The molecular formula is C20H27ClN6O. The fourth-order valence-electron chi connectivity index (χ4n) is 4.26. The fourth-order valence-corrected chi connectivity index (χ4v) is 4.50. The molecule has 0 aliphatic carbocycles. The minimum Gasteiger partial charge on any atom is -0.353 e. The molecule has 0 N–H and O–H groups in total. The van der Waals surface area contributed by atoms with Gasteiger partial charge in [-0.3, -0.25) is 19.3 Å². The number of aryl methyl sites for hydroxylation is 3. The molecule has 150 valence electrons. The number of nitrogens with zero attached hydrogens (tertiary/aromatic N) is 6. The van der Waals surface area contributed by atoms with Crippen molar-refractivity contribution in [2.24, 2.45) is 7.05 Å². The first-order valence-electron chi connectivity index (χ1n) is 9.88. The molecule has 7 nitrogen and oxygen atoms in total. The van der Waals surface area contributed by atoms with E-state index in [1.54, 1.807) is 10.9 Å².